The highest BCUT2D eigenvalue weighted by atomic mass is 19.1. The van der Waals surface area contributed by atoms with Gasteiger partial charge in [0, 0.05) is 24.0 Å². The minimum atomic E-state index is -0.312. The van der Waals surface area contributed by atoms with Crippen LogP contribution in [0.2, 0.25) is 0 Å². The molecule has 1 aromatic carbocycles. The fourth-order valence-corrected chi connectivity index (χ4v) is 1.65. The van der Waals surface area contributed by atoms with Crippen LogP contribution in [-0.4, -0.2) is 16.0 Å². The molecule has 2 aromatic rings. The van der Waals surface area contributed by atoms with Crippen molar-refractivity contribution in [1.82, 2.24) is 4.98 Å². The number of rotatable bonds is 4. The summed E-state index contributed by atoms with van der Waals surface area (Å²) in [4.78, 5) is 4.05. The van der Waals surface area contributed by atoms with Crippen molar-refractivity contribution in [3.8, 4) is 0 Å². The van der Waals surface area contributed by atoms with Gasteiger partial charge in [0.2, 0.25) is 0 Å². The summed E-state index contributed by atoms with van der Waals surface area (Å²) >= 11 is 0. The standard InChI is InChI=1S/C13H13FN4O/c14-10-4-1-5-11(7-10)17-8-9-3-2-6-16-12(9)13(15)18-19/h1-7,17,19H,8H2,(H2,15,18). The smallest absolute Gasteiger partial charge is 0.189 e. The SMILES string of the molecule is NC(=NO)c1ncccc1CNc1cccc(F)c1. The second-order valence-corrected chi connectivity index (χ2v) is 3.86. The number of anilines is 1. The summed E-state index contributed by atoms with van der Waals surface area (Å²) in [6, 6.07) is 9.67. The summed E-state index contributed by atoms with van der Waals surface area (Å²) in [6.07, 6.45) is 1.55. The zero-order valence-electron chi connectivity index (χ0n) is 10.0. The molecule has 0 fully saturated rings. The van der Waals surface area contributed by atoms with Crippen molar-refractivity contribution in [2.24, 2.45) is 10.9 Å². The zero-order chi connectivity index (χ0) is 13.7. The number of pyridine rings is 1. The van der Waals surface area contributed by atoms with Crippen molar-refractivity contribution >= 4 is 11.5 Å². The third-order valence-electron chi connectivity index (χ3n) is 2.55. The molecule has 4 N–H and O–H groups in total. The first kappa shape index (κ1) is 12.8. The van der Waals surface area contributed by atoms with Gasteiger partial charge in [0.05, 0.1) is 0 Å². The van der Waals surface area contributed by atoms with Crippen molar-refractivity contribution in [3.05, 3.63) is 59.7 Å². The van der Waals surface area contributed by atoms with E-state index in [-0.39, 0.29) is 11.7 Å². The van der Waals surface area contributed by atoms with Crippen LogP contribution in [0.25, 0.3) is 0 Å². The summed E-state index contributed by atoms with van der Waals surface area (Å²) < 4.78 is 13.0. The highest BCUT2D eigenvalue weighted by molar-refractivity contribution is 5.96. The van der Waals surface area contributed by atoms with Crippen LogP contribution in [0.1, 0.15) is 11.3 Å². The molecule has 0 unspecified atom stereocenters. The lowest BCUT2D eigenvalue weighted by Crippen LogP contribution is -2.18. The molecule has 2 rings (SSSR count). The van der Waals surface area contributed by atoms with E-state index in [2.05, 4.69) is 15.5 Å². The monoisotopic (exact) mass is 260 g/mol. The summed E-state index contributed by atoms with van der Waals surface area (Å²) in [5.74, 6) is -0.371. The van der Waals surface area contributed by atoms with Crippen LogP contribution in [0.15, 0.2) is 47.8 Å². The van der Waals surface area contributed by atoms with Crippen molar-refractivity contribution < 1.29 is 9.60 Å². The van der Waals surface area contributed by atoms with Crippen LogP contribution in [0.4, 0.5) is 10.1 Å². The van der Waals surface area contributed by atoms with Crippen molar-refractivity contribution in [2.75, 3.05) is 5.32 Å². The van der Waals surface area contributed by atoms with E-state index in [0.29, 0.717) is 17.9 Å². The van der Waals surface area contributed by atoms with Gasteiger partial charge in [-0.2, -0.15) is 0 Å². The van der Waals surface area contributed by atoms with E-state index in [9.17, 15) is 4.39 Å². The lowest BCUT2D eigenvalue weighted by Gasteiger charge is -2.09. The maximum absolute atomic E-state index is 13.0. The number of oxime groups is 1. The summed E-state index contributed by atoms with van der Waals surface area (Å²) in [5, 5.41) is 14.7. The van der Waals surface area contributed by atoms with E-state index in [1.165, 1.54) is 12.1 Å². The Morgan fingerprint density at radius 1 is 1.37 bits per heavy atom. The highest BCUT2D eigenvalue weighted by Gasteiger charge is 2.07. The van der Waals surface area contributed by atoms with Gasteiger partial charge in [-0.3, -0.25) is 4.98 Å². The van der Waals surface area contributed by atoms with Crippen molar-refractivity contribution in [2.45, 2.75) is 6.54 Å². The lowest BCUT2D eigenvalue weighted by atomic mass is 10.1. The van der Waals surface area contributed by atoms with E-state index >= 15 is 0 Å². The largest absolute Gasteiger partial charge is 0.409 e. The predicted octanol–water partition coefficient (Wildman–Crippen LogP) is 1.93. The molecule has 5 nitrogen and oxygen atoms in total. The average molecular weight is 260 g/mol. The lowest BCUT2D eigenvalue weighted by molar-refractivity contribution is 0.318. The Morgan fingerprint density at radius 3 is 2.95 bits per heavy atom. The van der Waals surface area contributed by atoms with Crippen LogP contribution in [0.5, 0.6) is 0 Å². The molecule has 1 aromatic heterocycles. The number of aromatic nitrogens is 1. The number of nitrogens with zero attached hydrogens (tertiary/aromatic N) is 2. The molecule has 0 radical (unpaired) electrons. The number of hydrogen-bond donors (Lipinski definition) is 3. The van der Waals surface area contributed by atoms with E-state index in [1.807, 2.05) is 0 Å². The number of benzene rings is 1. The van der Waals surface area contributed by atoms with Gasteiger partial charge in [0.1, 0.15) is 11.5 Å². The maximum Gasteiger partial charge on any atom is 0.189 e. The number of amidine groups is 1. The quantitative estimate of drug-likeness (QED) is 0.339. The van der Waals surface area contributed by atoms with Crippen LogP contribution in [0.3, 0.4) is 0 Å². The molecule has 0 amide bonds. The Bertz CT molecular complexity index is 601. The van der Waals surface area contributed by atoms with E-state index in [4.69, 9.17) is 10.9 Å². The number of nitrogens with two attached hydrogens (primary N) is 1. The summed E-state index contributed by atoms with van der Waals surface area (Å²) in [6.45, 7) is 0.392. The fraction of sp³-hybridized carbons (Fsp3) is 0.0769. The van der Waals surface area contributed by atoms with Gasteiger partial charge in [-0.15, -0.1) is 0 Å². The van der Waals surface area contributed by atoms with Crippen molar-refractivity contribution in [3.63, 3.8) is 0 Å². The number of nitrogens with one attached hydrogen (secondary N) is 1. The molecule has 0 spiro atoms. The molecule has 0 aliphatic carbocycles. The first-order valence-electron chi connectivity index (χ1n) is 5.62. The van der Waals surface area contributed by atoms with Gasteiger partial charge in [-0.1, -0.05) is 17.3 Å². The molecule has 0 saturated heterocycles. The van der Waals surface area contributed by atoms with Gasteiger partial charge < -0.3 is 16.3 Å². The molecule has 0 atom stereocenters. The second-order valence-electron chi connectivity index (χ2n) is 3.86. The molecule has 0 aliphatic heterocycles. The molecular formula is C13H13FN4O. The Labute approximate surface area is 109 Å². The second kappa shape index (κ2) is 5.81. The molecule has 0 saturated carbocycles. The Morgan fingerprint density at radius 2 is 2.21 bits per heavy atom. The first-order valence-corrected chi connectivity index (χ1v) is 5.62. The minimum absolute atomic E-state index is 0.0587. The van der Waals surface area contributed by atoms with Crippen LogP contribution in [-0.2, 0) is 6.54 Å². The van der Waals surface area contributed by atoms with E-state index < -0.39 is 0 Å². The maximum atomic E-state index is 13.0. The van der Waals surface area contributed by atoms with E-state index in [0.717, 1.165) is 5.56 Å². The normalized spacial score (nSPS) is 11.3. The minimum Gasteiger partial charge on any atom is -0.409 e. The van der Waals surface area contributed by atoms with Crippen LogP contribution < -0.4 is 11.1 Å². The molecule has 19 heavy (non-hydrogen) atoms. The summed E-state index contributed by atoms with van der Waals surface area (Å²) in [7, 11) is 0. The molecular weight excluding hydrogens is 247 g/mol. The zero-order valence-corrected chi connectivity index (χ0v) is 10.0. The third kappa shape index (κ3) is 3.19. The summed E-state index contributed by atoms with van der Waals surface area (Å²) in [5.41, 5.74) is 7.33. The van der Waals surface area contributed by atoms with Crippen LogP contribution >= 0.6 is 0 Å². The topological polar surface area (TPSA) is 83.5 Å². The van der Waals surface area contributed by atoms with Gasteiger partial charge in [-0.05, 0) is 24.3 Å². The average Bonchev–Trinajstić information content (AvgIpc) is 2.45. The third-order valence-corrected chi connectivity index (χ3v) is 2.55. The number of halogens is 1. The molecule has 1 heterocycles. The molecule has 0 aliphatic rings. The fourth-order valence-electron chi connectivity index (χ4n) is 1.65. The van der Waals surface area contributed by atoms with Gasteiger partial charge in [0.25, 0.3) is 0 Å². The van der Waals surface area contributed by atoms with Gasteiger partial charge >= 0.3 is 0 Å². The Hall–Kier alpha value is -2.63. The van der Waals surface area contributed by atoms with Gasteiger partial charge in [-0.25, -0.2) is 4.39 Å². The van der Waals surface area contributed by atoms with Gasteiger partial charge in [0.15, 0.2) is 5.84 Å². The van der Waals surface area contributed by atoms with Crippen LogP contribution in [0, 0.1) is 5.82 Å². The molecule has 0 bridgehead atoms. The Kier molecular flexibility index (Phi) is 3.92. The number of hydrogen-bond acceptors (Lipinski definition) is 4. The predicted molar refractivity (Wildman–Crippen MR) is 70.5 cm³/mol. The molecule has 6 heteroatoms. The highest BCUT2D eigenvalue weighted by Crippen LogP contribution is 2.12. The van der Waals surface area contributed by atoms with E-state index in [1.54, 1.807) is 30.5 Å². The molecule has 98 valence electrons. The van der Waals surface area contributed by atoms with Crippen molar-refractivity contribution in [1.29, 1.82) is 0 Å². The first-order chi connectivity index (χ1) is 9.20. The Balaban J connectivity index is 2.16.